The lowest BCUT2D eigenvalue weighted by molar-refractivity contribution is -0.118. The van der Waals surface area contributed by atoms with Gasteiger partial charge < -0.3 is 11.1 Å². The fourth-order valence-electron chi connectivity index (χ4n) is 1.30. The maximum Gasteiger partial charge on any atom is 0.243 e. The Kier molecular flexibility index (Phi) is 5.75. The fraction of sp³-hybridized carbons (Fsp3) is 0.300. The molecule has 1 aromatic carbocycles. The molecular formula is C10H12BrClFN3O3S. The summed E-state index contributed by atoms with van der Waals surface area (Å²) in [6, 6.07) is 0.956. The maximum absolute atomic E-state index is 13.9. The van der Waals surface area contributed by atoms with Gasteiger partial charge in [-0.25, -0.2) is 17.5 Å². The average molecular weight is 389 g/mol. The van der Waals surface area contributed by atoms with E-state index in [1.807, 2.05) is 0 Å². The summed E-state index contributed by atoms with van der Waals surface area (Å²) in [7, 11) is -4.11. The van der Waals surface area contributed by atoms with Gasteiger partial charge in [0.15, 0.2) is 5.82 Å². The summed E-state index contributed by atoms with van der Waals surface area (Å²) in [5.41, 5.74) is 5.03. The van der Waals surface area contributed by atoms with Crippen molar-refractivity contribution in [3.8, 4) is 0 Å². The van der Waals surface area contributed by atoms with E-state index in [9.17, 15) is 17.6 Å². The molecule has 0 aliphatic carbocycles. The molecule has 6 nitrogen and oxygen atoms in total. The van der Waals surface area contributed by atoms with Crippen LogP contribution in [-0.4, -0.2) is 27.4 Å². The van der Waals surface area contributed by atoms with Crippen LogP contribution in [0.15, 0.2) is 15.4 Å². The van der Waals surface area contributed by atoms with E-state index in [0.29, 0.717) is 0 Å². The first-order valence-corrected chi connectivity index (χ1v) is 7.99. The number of sulfonamides is 1. The van der Waals surface area contributed by atoms with Gasteiger partial charge in [0.05, 0.1) is 15.2 Å². The first-order chi connectivity index (χ1) is 9.16. The molecule has 0 radical (unpaired) electrons. The highest BCUT2D eigenvalue weighted by molar-refractivity contribution is 9.10. The molecule has 4 N–H and O–H groups in total. The summed E-state index contributed by atoms with van der Waals surface area (Å²) in [5.74, 6) is -1.39. The molecule has 0 saturated heterocycles. The second-order valence-electron chi connectivity index (χ2n) is 3.78. The number of anilines is 1. The Morgan fingerprint density at radius 1 is 1.50 bits per heavy atom. The maximum atomic E-state index is 13.9. The molecule has 10 heteroatoms. The SMILES string of the molecule is CC(=O)NCCNS(=O)(=O)c1cc(Cl)c(Br)c(N)c1F. The van der Waals surface area contributed by atoms with Gasteiger partial charge in [-0.1, -0.05) is 11.6 Å². The molecule has 0 aliphatic rings. The van der Waals surface area contributed by atoms with Crippen molar-refractivity contribution in [2.45, 2.75) is 11.8 Å². The summed E-state index contributed by atoms with van der Waals surface area (Å²) in [6.07, 6.45) is 0. The number of hydrogen-bond donors (Lipinski definition) is 3. The van der Waals surface area contributed by atoms with Crippen LogP contribution in [-0.2, 0) is 14.8 Å². The Balaban J connectivity index is 2.96. The van der Waals surface area contributed by atoms with Gasteiger partial charge in [0.1, 0.15) is 4.90 Å². The van der Waals surface area contributed by atoms with E-state index >= 15 is 0 Å². The van der Waals surface area contributed by atoms with Crippen molar-refractivity contribution in [2.24, 2.45) is 0 Å². The van der Waals surface area contributed by atoms with Crippen LogP contribution in [0.5, 0.6) is 0 Å². The number of benzene rings is 1. The number of nitrogen functional groups attached to an aromatic ring is 1. The lowest BCUT2D eigenvalue weighted by Gasteiger charge is -2.11. The van der Waals surface area contributed by atoms with Crippen LogP contribution in [0.4, 0.5) is 10.1 Å². The minimum atomic E-state index is -4.11. The summed E-state index contributed by atoms with van der Waals surface area (Å²) in [4.78, 5) is 9.98. The summed E-state index contributed by atoms with van der Waals surface area (Å²) in [6.45, 7) is 1.29. The van der Waals surface area contributed by atoms with Gasteiger partial charge in [-0.15, -0.1) is 0 Å². The van der Waals surface area contributed by atoms with E-state index in [0.717, 1.165) is 6.07 Å². The van der Waals surface area contributed by atoms with Crippen molar-refractivity contribution in [3.63, 3.8) is 0 Å². The van der Waals surface area contributed by atoms with Crippen LogP contribution < -0.4 is 15.8 Å². The van der Waals surface area contributed by atoms with E-state index in [-0.39, 0.29) is 34.2 Å². The summed E-state index contributed by atoms with van der Waals surface area (Å²) in [5, 5.41) is 2.38. The largest absolute Gasteiger partial charge is 0.395 e. The Hall–Kier alpha value is -0.900. The van der Waals surface area contributed by atoms with E-state index in [2.05, 4.69) is 26.0 Å². The van der Waals surface area contributed by atoms with Crippen LogP contribution in [0.25, 0.3) is 0 Å². The van der Waals surface area contributed by atoms with Crippen molar-refractivity contribution >= 4 is 49.1 Å². The van der Waals surface area contributed by atoms with Crippen LogP contribution in [0.1, 0.15) is 6.92 Å². The van der Waals surface area contributed by atoms with Gasteiger partial charge in [0.25, 0.3) is 0 Å². The third-order valence-electron chi connectivity index (χ3n) is 2.24. The van der Waals surface area contributed by atoms with Gasteiger partial charge in [-0.3, -0.25) is 4.79 Å². The zero-order valence-electron chi connectivity index (χ0n) is 10.3. The van der Waals surface area contributed by atoms with Gasteiger partial charge in [0, 0.05) is 20.0 Å². The molecule has 0 aromatic heterocycles. The number of carbonyl (C=O) groups excluding carboxylic acids is 1. The Bertz CT molecular complexity index is 639. The zero-order valence-corrected chi connectivity index (χ0v) is 13.5. The lowest BCUT2D eigenvalue weighted by atomic mass is 10.3. The first kappa shape index (κ1) is 17.2. The number of rotatable bonds is 5. The van der Waals surface area contributed by atoms with E-state index in [1.54, 1.807) is 0 Å². The number of halogens is 3. The predicted molar refractivity (Wildman–Crippen MR) is 77.4 cm³/mol. The molecule has 0 aliphatic heterocycles. The van der Waals surface area contributed by atoms with Crippen LogP contribution in [0, 0.1) is 5.82 Å². The van der Waals surface area contributed by atoms with Crippen molar-refractivity contribution in [2.75, 3.05) is 18.8 Å². The quantitative estimate of drug-likeness (QED) is 0.401. The molecule has 0 atom stereocenters. The highest BCUT2D eigenvalue weighted by Gasteiger charge is 2.23. The van der Waals surface area contributed by atoms with Crippen molar-refractivity contribution in [1.82, 2.24) is 10.0 Å². The lowest BCUT2D eigenvalue weighted by Crippen LogP contribution is -2.34. The number of nitrogens with two attached hydrogens (primary N) is 1. The normalized spacial score (nSPS) is 11.4. The number of carbonyl (C=O) groups is 1. The molecular weight excluding hydrogens is 377 g/mol. The highest BCUT2D eigenvalue weighted by atomic mass is 79.9. The zero-order chi connectivity index (χ0) is 15.5. The smallest absolute Gasteiger partial charge is 0.243 e. The summed E-state index contributed by atoms with van der Waals surface area (Å²) < 4.78 is 39.9. The molecule has 20 heavy (non-hydrogen) atoms. The van der Waals surface area contributed by atoms with Crippen molar-refractivity contribution < 1.29 is 17.6 Å². The standard InChI is InChI=1S/C10H12BrClFN3O3S/c1-5(17)15-2-3-16-20(18,19)7-4-6(12)8(11)10(14)9(7)13/h4,16H,2-3,14H2,1H3,(H,15,17). The van der Waals surface area contributed by atoms with E-state index in [1.165, 1.54) is 6.92 Å². The molecule has 0 fully saturated rings. The fourth-order valence-corrected chi connectivity index (χ4v) is 3.01. The molecule has 1 aromatic rings. The summed E-state index contributed by atoms with van der Waals surface area (Å²) >= 11 is 8.71. The molecule has 0 heterocycles. The van der Waals surface area contributed by atoms with Crippen LogP contribution in [0.3, 0.4) is 0 Å². The van der Waals surface area contributed by atoms with E-state index in [4.69, 9.17) is 17.3 Å². The van der Waals surface area contributed by atoms with Crippen molar-refractivity contribution in [3.05, 3.63) is 21.4 Å². The molecule has 0 saturated carbocycles. The molecule has 0 unspecified atom stereocenters. The van der Waals surface area contributed by atoms with Gasteiger partial charge in [-0.05, 0) is 22.0 Å². The molecule has 112 valence electrons. The molecule has 0 spiro atoms. The van der Waals surface area contributed by atoms with E-state index < -0.39 is 20.7 Å². The Morgan fingerprint density at radius 2 is 2.10 bits per heavy atom. The number of amides is 1. The van der Waals surface area contributed by atoms with Crippen LogP contribution >= 0.6 is 27.5 Å². The Labute approximate surface area is 129 Å². The molecule has 1 amide bonds. The van der Waals surface area contributed by atoms with Gasteiger partial charge in [0.2, 0.25) is 15.9 Å². The number of nitrogens with one attached hydrogen (secondary N) is 2. The predicted octanol–water partition coefficient (Wildman–Crippen LogP) is 1.24. The molecule has 1 rings (SSSR count). The molecule has 0 bridgehead atoms. The van der Waals surface area contributed by atoms with Crippen LogP contribution in [0.2, 0.25) is 5.02 Å². The minimum absolute atomic E-state index is 0.0221. The van der Waals surface area contributed by atoms with Gasteiger partial charge >= 0.3 is 0 Å². The number of hydrogen-bond acceptors (Lipinski definition) is 4. The van der Waals surface area contributed by atoms with Crippen molar-refractivity contribution in [1.29, 1.82) is 0 Å². The Morgan fingerprint density at radius 3 is 2.65 bits per heavy atom. The highest BCUT2D eigenvalue weighted by Crippen LogP contribution is 2.34. The monoisotopic (exact) mass is 387 g/mol. The topological polar surface area (TPSA) is 101 Å². The third-order valence-corrected chi connectivity index (χ3v) is 5.08. The average Bonchev–Trinajstić information content (AvgIpc) is 2.36. The second-order valence-corrected chi connectivity index (χ2v) is 6.71. The third kappa shape index (κ3) is 4.05. The second kappa shape index (κ2) is 6.70. The van der Waals surface area contributed by atoms with Gasteiger partial charge in [-0.2, -0.15) is 0 Å². The first-order valence-electron chi connectivity index (χ1n) is 5.34. The minimum Gasteiger partial charge on any atom is -0.395 e.